The zero-order valence-corrected chi connectivity index (χ0v) is 13.5. The molecule has 2 fully saturated rings. The van der Waals surface area contributed by atoms with Crippen LogP contribution in [-0.4, -0.2) is 67.1 Å². The Labute approximate surface area is 126 Å². The van der Waals surface area contributed by atoms with Gasteiger partial charge in [-0.05, 0) is 32.2 Å². The minimum absolute atomic E-state index is 0.0287. The number of hydrogen-bond donors (Lipinski definition) is 2. The molecule has 2 saturated heterocycles. The molecule has 2 atom stereocenters. The molecule has 2 unspecified atom stereocenters. The SMILES string of the molecule is CCCC1(C(=O)N(CCO)C2CCS(=O)(=O)C2)CCCN1. The highest BCUT2D eigenvalue weighted by molar-refractivity contribution is 7.91. The predicted molar refractivity (Wildman–Crippen MR) is 80.7 cm³/mol. The number of carbonyl (C=O) groups excluding carboxylic acids is 1. The van der Waals surface area contributed by atoms with Crippen LogP contribution < -0.4 is 5.32 Å². The van der Waals surface area contributed by atoms with E-state index in [-0.39, 0.29) is 36.6 Å². The average molecular weight is 318 g/mol. The fourth-order valence-electron chi connectivity index (χ4n) is 3.59. The smallest absolute Gasteiger partial charge is 0.243 e. The topological polar surface area (TPSA) is 86.7 Å². The van der Waals surface area contributed by atoms with Crippen LogP contribution in [-0.2, 0) is 14.6 Å². The van der Waals surface area contributed by atoms with Gasteiger partial charge in [-0.3, -0.25) is 4.79 Å². The summed E-state index contributed by atoms with van der Waals surface area (Å²) in [4.78, 5) is 14.6. The fraction of sp³-hybridized carbons (Fsp3) is 0.929. The van der Waals surface area contributed by atoms with Crippen molar-refractivity contribution < 1.29 is 18.3 Å². The summed E-state index contributed by atoms with van der Waals surface area (Å²) in [7, 11) is -3.04. The Morgan fingerprint density at radius 2 is 2.24 bits per heavy atom. The maximum absolute atomic E-state index is 13.0. The van der Waals surface area contributed by atoms with E-state index in [0.29, 0.717) is 6.42 Å². The first-order chi connectivity index (χ1) is 9.94. The number of rotatable bonds is 6. The number of carbonyl (C=O) groups is 1. The second-order valence-electron chi connectivity index (χ2n) is 6.14. The van der Waals surface area contributed by atoms with Crippen LogP contribution in [0.3, 0.4) is 0 Å². The van der Waals surface area contributed by atoms with Crippen molar-refractivity contribution in [2.24, 2.45) is 0 Å². The largest absolute Gasteiger partial charge is 0.395 e. The maximum atomic E-state index is 13.0. The lowest BCUT2D eigenvalue weighted by atomic mass is 9.89. The highest BCUT2D eigenvalue weighted by Crippen LogP contribution is 2.29. The molecule has 0 aromatic carbocycles. The van der Waals surface area contributed by atoms with E-state index in [4.69, 9.17) is 0 Å². The molecule has 2 aliphatic heterocycles. The molecule has 122 valence electrons. The first-order valence-corrected chi connectivity index (χ1v) is 9.63. The lowest BCUT2D eigenvalue weighted by molar-refractivity contribution is -0.140. The molecule has 0 radical (unpaired) electrons. The van der Waals surface area contributed by atoms with Crippen molar-refractivity contribution in [2.45, 2.75) is 50.6 Å². The summed E-state index contributed by atoms with van der Waals surface area (Å²) < 4.78 is 23.4. The molecule has 1 amide bonds. The Bertz CT molecular complexity index is 471. The van der Waals surface area contributed by atoms with Gasteiger partial charge in [0.25, 0.3) is 0 Å². The molecule has 0 aromatic heterocycles. The molecule has 6 nitrogen and oxygen atoms in total. The summed E-state index contributed by atoms with van der Waals surface area (Å²) in [5.41, 5.74) is -0.559. The van der Waals surface area contributed by atoms with Crippen molar-refractivity contribution in [3.05, 3.63) is 0 Å². The highest BCUT2D eigenvalue weighted by Gasteiger charge is 2.45. The van der Waals surface area contributed by atoms with E-state index in [0.717, 1.165) is 32.2 Å². The van der Waals surface area contributed by atoms with Crippen LogP contribution in [0.25, 0.3) is 0 Å². The summed E-state index contributed by atoms with van der Waals surface area (Å²) in [6, 6.07) is -0.286. The Balaban J connectivity index is 2.18. The van der Waals surface area contributed by atoms with Gasteiger partial charge in [-0.15, -0.1) is 0 Å². The van der Waals surface area contributed by atoms with Gasteiger partial charge in [0, 0.05) is 12.6 Å². The van der Waals surface area contributed by atoms with Crippen molar-refractivity contribution in [2.75, 3.05) is 31.2 Å². The lowest BCUT2D eigenvalue weighted by Crippen LogP contribution is -2.58. The molecule has 7 heteroatoms. The van der Waals surface area contributed by atoms with Crippen molar-refractivity contribution >= 4 is 15.7 Å². The van der Waals surface area contributed by atoms with Gasteiger partial charge < -0.3 is 15.3 Å². The number of nitrogens with one attached hydrogen (secondary N) is 1. The van der Waals surface area contributed by atoms with Gasteiger partial charge in [0.05, 0.1) is 23.7 Å². The van der Waals surface area contributed by atoms with E-state index >= 15 is 0 Å². The van der Waals surface area contributed by atoms with Crippen LogP contribution in [0.4, 0.5) is 0 Å². The van der Waals surface area contributed by atoms with Gasteiger partial charge in [-0.1, -0.05) is 13.3 Å². The number of hydrogen-bond acceptors (Lipinski definition) is 5. The first-order valence-electron chi connectivity index (χ1n) is 7.81. The van der Waals surface area contributed by atoms with Gasteiger partial charge in [0.15, 0.2) is 9.84 Å². The molecule has 2 rings (SSSR count). The van der Waals surface area contributed by atoms with Crippen molar-refractivity contribution in [1.82, 2.24) is 10.2 Å². The Morgan fingerprint density at radius 3 is 2.71 bits per heavy atom. The lowest BCUT2D eigenvalue weighted by Gasteiger charge is -2.37. The minimum Gasteiger partial charge on any atom is -0.395 e. The third kappa shape index (κ3) is 3.57. The highest BCUT2D eigenvalue weighted by atomic mass is 32.2. The van der Waals surface area contributed by atoms with Crippen LogP contribution >= 0.6 is 0 Å². The molecule has 21 heavy (non-hydrogen) atoms. The van der Waals surface area contributed by atoms with Crippen LogP contribution in [0.1, 0.15) is 39.0 Å². The molecule has 2 N–H and O–H groups in total. The van der Waals surface area contributed by atoms with Crippen LogP contribution in [0.5, 0.6) is 0 Å². The quantitative estimate of drug-likeness (QED) is 0.715. The van der Waals surface area contributed by atoms with Crippen LogP contribution in [0, 0.1) is 0 Å². The van der Waals surface area contributed by atoms with Crippen LogP contribution in [0.2, 0.25) is 0 Å². The van der Waals surface area contributed by atoms with E-state index in [1.807, 2.05) is 6.92 Å². The second-order valence-corrected chi connectivity index (χ2v) is 8.37. The number of aliphatic hydroxyl groups is 1. The normalized spacial score (nSPS) is 31.4. The summed E-state index contributed by atoms with van der Waals surface area (Å²) in [6.45, 7) is 2.95. The zero-order chi connectivity index (χ0) is 15.5. The number of amides is 1. The van der Waals surface area contributed by atoms with Gasteiger partial charge in [0.1, 0.15) is 0 Å². The van der Waals surface area contributed by atoms with E-state index in [1.54, 1.807) is 4.90 Å². The molecule has 2 heterocycles. The molecule has 0 aromatic rings. The van der Waals surface area contributed by atoms with Gasteiger partial charge in [-0.2, -0.15) is 0 Å². The minimum atomic E-state index is -3.04. The van der Waals surface area contributed by atoms with Crippen molar-refractivity contribution in [3.8, 4) is 0 Å². The molecule has 0 saturated carbocycles. The summed E-state index contributed by atoms with van der Waals surface area (Å²) in [6.07, 6.45) is 3.89. The fourth-order valence-corrected chi connectivity index (χ4v) is 5.32. The molecule has 0 bridgehead atoms. The second kappa shape index (κ2) is 6.62. The molecule has 0 spiro atoms. The van der Waals surface area contributed by atoms with E-state index in [2.05, 4.69) is 5.32 Å². The first kappa shape index (κ1) is 16.7. The van der Waals surface area contributed by atoms with Crippen molar-refractivity contribution in [3.63, 3.8) is 0 Å². The molecule has 0 aliphatic carbocycles. The van der Waals surface area contributed by atoms with Gasteiger partial charge in [0.2, 0.25) is 5.91 Å². The van der Waals surface area contributed by atoms with Gasteiger partial charge >= 0.3 is 0 Å². The third-order valence-corrected chi connectivity index (χ3v) is 6.33. The third-order valence-electron chi connectivity index (χ3n) is 4.58. The van der Waals surface area contributed by atoms with E-state index in [9.17, 15) is 18.3 Å². The summed E-state index contributed by atoms with van der Waals surface area (Å²) >= 11 is 0. The Morgan fingerprint density at radius 1 is 1.48 bits per heavy atom. The van der Waals surface area contributed by atoms with E-state index < -0.39 is 15.4 Å². The number of aliphatic hydroxyl groups excluding tert-OH is 1. The predicted octanol–water partition coefficient (Wildman–Crippen LogP) is -0.0833. The molecular weight excluding hydrogens is 292 g/mol. The van der Waals surface area contributed by atoms with Gasteiger partial charge in [-0.25, -0.2) is 8.42 Å². The van der Waals surface area contributed by atoms with Crippen molar-refractivity contribution in [1.29, 1.82) is 0 Å². The summed E-state index contributed by atoms with van der Waals surface area (Å²) in [5, 5.41) is 12.6. The number of sulfone groups is 1. The van der Waals surface area contributed by atoms with E-state index in [1.165, 1.54) is 0 Å². The standard InChI is InChI=1S/C14H26N2O4S/c1-2-5-14(6-3-7-15-14)13(18)16(8-9-17)12-4-10-21(19,20)11-12/h12,15,17H,2-11H2,1H3. The molecular formula is C14H26N2O4S. The number of nitrogens with zero attached hydrogens (tertiary/aromatic N) is 1. The molecule has 2 aliphatic rings. The summed E-state index contributed by atoms with van der Waals surface area (Å²) in [5.74, 6) is 0.139. The average Bonchev–Trinajstić information content (AvgIpc) is 3.03. The maximum Gasteiger partial charge on any atom is 0.243 e. The Hall–Kier alpha value is -0.660. The van der Waals surface area contributed by atoms with Crippen LogP contribution in [0.15, 0.2) is 0 Å². The zero-order valence-electron chi connectivity index (χ0n) is 12.7. The Kier molecular flexibility index (Phi) is 5.27. The monoisotopic (exact) mass is 318 g/mol.